The predicted molar refractivity (Wildman–Crippen MR) is 89.8 cm³/mol. The van der Waals surface area contributed by atoms with Crippen molar-refractivity contribution in [3.8, 4) is 22.8 Å². The highest BCUT2D eigenvalue weighted by Crippen LogP contribution is 2.49. The third-order valence-corrected chi connectivity index (χ3v) is 4.77. The van der Waals surface area contributed by atoms with Gasteiger partial charge >= 0.3 is 10.1 Å². The summed E-state index contributed by atoms with van der Waals surface area (Å²) in [7, 11) is -3.72. The van der Waals surface area contributed by atoms with Crippen molar-refractivity contribution >= 4 is 21.7 Å². The fourth-order valence-electron chi connectivity index (χ4n) is 3.22. The summed E-state index contributed by atoms with van der Waals surface area (Å²) in [6.07, 6.45) is 2.49. The lowest BCUT2D eigenvalue weighted by atomic mass is 9.99. The highest BCUT2D eigenvalue weighted by molar-refractivity contribution is 7.86. The van der Waals surface area contributed by atoms with Crippen molar-refractivity contribution in [2.45, 2.75) is 33.2 Å². The minimum atomic E-state index is -3.72. The maximum Gasteiger partial charge on any atom is 0.306 e. The SMILES string of the molecule is Cc1cc(C)c(-c2c(OS(C)(=O)=O)c3n(c2O)CCC3)c(Cl)c1. The first-order chi connectivity index (χ1) is 10.7. The Balaban J connectivity index is 2.32. The van der Waals surface area contributed by atoms with E-state index in [4.69, 9.17) is 15.8 Å². The number of hydrogen-bond donors (Lipinski definition) is 1. The molecule has 0 radical (unpaired) electrons. The average molecular weight is 356 g/mol. The van der Waals surface area contributed by atoms with Gasteiger partial charge in [-0.3, -0.25) is 0 Å². The van der Waals surface area contributed by atoms with Crippen LogP contribution < -0.4 is 4.18 Å². The van der Waals surface area contributed by atoms with Gasteiger partial charge in [0.25, 0.3) is 0 Å². The van der Waals surface area contributed by atoms with Gasteiger partial charge in [0, 0.05) is 17.1 Å². The fourth-order valence-corrected chi connectivity index (χ4v) is 4.12. The zero-order valence-electron chi connectivity index (χ0n) is 13.2. The van der Waals surface area contributed by atoms with E-state index in [9.17, 15) is 13.5 Å². The number of aromatic nitrogens is 1. The van der Waals surface area contributed by atoms with E-state index < -0.39 is 10.1 Å². The molecule has 2 aromatic rings. The lowest BCUT2D eigenvalue weighted by Gasteiger charge is -2.12. The molecule has 1 aromatic carbocycles. The van der Waals surface area contributed by atoms with Gasteiger partial charge in [-0.15, -0.1) is 0 Å². The maximum atomic E-state index is 11.7. The van der Waals surface area contributed by atoms with Crippen molar-refractivity contribution in [1.82, 2.24) is 4.57 Å². The Hall–Kier alpha value is -1.66. The Bertz CT molecular complexity index is 876. The number of halogens is 1. The number of hydrogen-bond acceptors (Lipinski definition) is 4. The molecule has 0 bridgehead atoms. The van der Waals surface area contributed by atoms with Gasteiger partial charge < -0.3 is 13.9 Å². The first-order valence-electron chi connectivity index (χ1n) is 7.30. The number of aryl methyl sites for hydroxylation is 2. The van der Waals surface area contributed by atoms with E-state index in [1.807, 2.05) is 19.9 Å². The lowest BCUT2D eigenvalue weighted by Crippen LogP contribution is -2.07. The first-order valence-corrected chi connectivity index (χ1v) is 9.49. The van der Waals surface area contributed by atoms with Gasteiger partial charge in [-0.1, -0.05) is 17.7 Å². The largest absolute Gasteiger partial charge is 0.494 e. The van der Waals surface area contributed by atoms with E-state index in [0.717, 1.165) is 23.8 Å². The highest BCUT2D eigenvalue weighted by atomic mass is 35.5. The van der Waals surface area contributed by atoms with Gasteiger partial charge in [-0.2, -0.15) is 8.42 Å². The maximum absolute atomic E-state index is 11.7. The minimum absolute atomic E-state index is 0.00463. The predicted octanol–water partition coefficient (Wildman–Crippen LogP) is 3.42. The molecule has 0 atom stereocenters. The fraction of sp³-hybridized carbons (Fsp3) is 0.375. The van der Waals surface area contributed by atoms with Gasteiger partial charge in [0.2, 0.25) is 5.88 Å². The van der Waals surface area contributed by atoms with Gasteiger partial charge in [0.15, 0.2) is 5.75 Å². The van der Waals surface area contributed by atoms with Crippen molar-refractivity contribution in [3.05, 3.63) is 34.0 Å². The molecule has 7 heteroatoms. The van der Waals surface area contributed by atoms with Crippen LogP contribution in [0.3, 0.4) is 0 Å². The smallest absolute Gasteiger partial charge is 0.306 e. The van der Waals surface area contributed by atoms with Crippen molar-refractivity contribution in [2.75, 3.05) is 6.26 Å². The second-order valence-corrected chi connectivity index (χ2v) is 7.94. The molecule has 124 valence electrons. The third-order valence-electron chi connectivity index (χ3n) is 4.01. The Morgan fingerprint density at radius 2 is 1.96 bits per heavy atom. The van der Waals surface area contributed by atoms with E-state index in [1.54, 1.807) is 10.6 Å². The molecule has 0 spiro atoms. The van der Waals surface area contributed by atoms with Crippen LogP contribution in [0.4, 0.5) is 0 Å². The van der Waals surface area contributed by atoms with E-state index in [1.165, 1.54) is 0 Å². The molecular weight excluding hydrogens is 338 g/mol. The van der Waals surface area contributed by atoms with Crippen LogP contribution in [-0.4, -0.2) is 24.3 Å². The summed E-state index contributed by atoms with van der Waals surface area (Å²) in [6, 6.07) is 3.73. The number of benzene rings is 1. The van der Waals surface area contributed by atoms with Crippen LogP contribution in [0.15, 0.2) is 12.1 Å². The Morgan fingerprint density at radius 1 is 1.26 bits per heavy atom. The quantitative estimate of drug-likeness (QED) is 0.856. The van der Waals surface area contributed by atoms with Crippen molar-refractivity contribution in [3.63, 3.8) is 0 Å². The van der Waals surface area contributed by atoms with Crippen LogP contribution in [0, 0.1) is 13.8 Å². The molecule has 0 saturated carbocycles. The molecule has 0 saturated heterocycles. The summed E-state index contributed by atoms with van der Waals surface area (Å²) < 4.78 is 30.3. The molecule has 1 aliphatic rings. The van der Waals surface area contributed by atoms with Crippen molar-refractivity contribution in [2.24, 2.45) is 0 Å². The van der Waals surface area contributed by atoms with E-state index in [0.29, 0.717) is 34.8 Å². The molecule has 1 aliphatic heterocycles. The molecule has 3 rings (SSSR count). The van der Waals surface area contributed by atoms with Crippen LogP contribution >= 0.6 is 11.6 Å². The number of nitrogens with zero attached hydrogens (tertiary/aromatic N) is 1. The second kappa shape index (κ2) is 5.46. The molecule has 1 aromatic heterocycles. The van der Waals surface area contributed by atoms with Crippen molar-refractivity contribution < 1.29 is 17.7 Å². The molecule has 23 heavy (non-hydrogen) atoms. The van der Waals surface area contributed by atoms with Crippen LogP contribution in [0.2, 0.25) is 5.02 Å². The highest BCUT2D eigenvalue weighted by Gasteiger charge is 2.31. The summed E-state index contributed by atoms with van der Waals surface area (Å²) in [5.41, 5.74) is 3.50. The van der Waals surface area contributed by atoms with Gasteiger partial charge in [-0.05, 0) is 43.9 Å². The zero-order valence-corrected chi connectivity index (χ0v) is 14.8. The molecule has 0 fully saturated rings. The molecule has 0 amide bonds. The zero-order chi connectivity index (χ0) is 16.9. The molecule has 0 aliphatic carbocycles. The van der Waals surface area contributed by atoms with Crippen LogP contribution in [0.25, 0.3) is 11.1 Å². The molecule has 1 N–H and O–H groups in total. The van der Waals surface area contributed by atoms with E-state index >= 15 is 0 Å². The van der Waals surface area contributed by atoms with E-state index in [2.05, 4.69) is 0 Å². The van der Waals surface area contributed by atoms with Crippen LogP contribution in [0.1, 0.15) is 23.2 Å². The lowest BCUT2D eigenvalue weighted by molar-refractivity contribution is 0.424. The summed E-state index contributed by atoms with van der Waals surface area (Å²) in [6.45, 7) is 4.43. The summed E-state index contributed by atoms with van der Waals surface area (Å²) in [5, 5.41) is 11.1. The van der Waals surface area contributed by atoms with Gasteiger partial charge in [0.05, 0.1) is 17.5 Å². The number of rotatable bonds is 3. The molecule has 2 heterocycles. The second-order valence-electron chi connectivity index (χ2n) is 5.96. The van der Waals surface area contributed by atoms with Gasteiger partial charge in [-0.25, -0.2) is 0 Å². The summed E-state index contributed by atoms with van der Waals surface area (Å²) >= 11 is 6.38. The molecule has 5 nitrogen and oxygen atoms in total. The number of aromatic hydroxyl groups is 1. The monoisotopic (exact) mass is 355 g/mol. The van der Waals surface area contributed by atoms with Gasteiger partial charge in [0.1, 0.15) is 0 Å². The average Bonchev–Trinajstić information content (AvgIpc) is 2.95. The van der Waals surface area contributed by atoms with Crippen LogP contribution in [-0.2, 0) is 23.1 Å². The number of fused-ring (bicyclic) bond motifs is 1. The van der Waals surface area contributed by atoms with Crippen molar-refractivity contribution in [1.29, 1.82) is 0 Å². The standard InChI is InChI=1S/C16H18ClNO4S/c1-9-7-10(2)13(11(17)8-9)14-15(22-23(3,20)21)12-5-4-6-18(12)16(14)19/h7-8,19H,4-6H2,1-3H3. The van der Waals surface area contributed by atoms with Crippen LogP contribution in [0.5, 0.6) is 11.6 Å². The topological polar surface area (TPSA) is 68.5 Å². The molecular formula is C16H18ClNO4S. The summed E-state index contributed by atoms with van der Waals surface area (Å²) in [4.78, 5) is 0. The first kappa shape index (κ1) is 16.2. The Labute approximate surface area is 140 Å². The Morgan fingerprint density at radius 3 is 2.57 bits per heavy atom. The minimum Gasteiger partial charge on any atom is -0.494 e. The Kier molecular flexibility index (Phi) is 3.84. The van der Waals surface area contributed by atoms with E-state index in [-0.39, 0.29) is 11.6 Å². The normalized spacial score (nSPS) is 14.1. The summed E-state index contributed by atoms with van der Waals surface area (Å²) in [5.74, 6) is 0.196. The molecule has 0 unspecified atom stereocenters. The third kappa shape index (κ3) is 2.81.